The van der Waals surface area contributed by atoms with E-state index in [1.807, 2.05) is 6.07 Å². The molecule has 2 amide bonds. The van der Waals surface area contributed by atoms with Crippen molar-refractivity contribution in [3.8, 4) is 0 Å². The number of methoxy groups -OCH3 is 1. The molecule has 0 spiro atoms. The fourth-order valence-corrected chi connectivity index (χ4v) is 7.06. The van der Waals surface area contributed by atoms with Crippen molar-refractivity contribution in [3.63, 3.8) is 0 Å². The van der Waals surface area contributed by atoms with E-state index in [0.29, 0.717) is 22.2 Å². The molecule has 0 radical (unpaired) electrons. The molecule has 4 rings (SSSR count). The van der Waals surface area contributed by atoms with E-state index in [-0.39, 0.29) is 22.6 Å². The van der Waals surface area contributed by atoms with Crippen LogP contribution in [0.2, 0.25) is 0 Å². The molecule has 11 heteroatoms. The number of nitro benzene ring substituents is 1. The second-order valence-corrected chi connectivity index (χ2v) is 13.6. The molecule has 41 heavy (non-hydrogen) atoms. The van der Waals surface area contributed by atoms with Crippen LogP contribution in [0.5, 0.6) is 0 Å². The largest absolute Gasteiger partial charge is 0.465 e. The molecule has 2 aromatic carbocycles. The molecule has 2 N–H and O–H groups in total. The number of anilines is 2. The number of hydrogen-bond donors (Lipinski definition) is 2. The number of nitrogens with zero attached hydrogens (tertiary/aromatic N) is 1. The zero-order valence-electron chi connectivity index (χ0n) is 23.6. The van der Waals surface area contributed by atoms with Gasteiger partial charge in [0.25, 0.3) is 11.6 Å². The summed E-state index contributed by atoms with van der Waals surface area (Å²) in [6.45, 7) is 8.46. The highest BCUT2D eigenvalue weighted by molar-refractivity contribution is 8.00. The standard InChI is InChI=1S/C30H33N3O6S2/c1-17(40-22-11-7-9-20(16-22)31-27(35)18-8-6-10-21(14-18)33(37)38)26(34)32-28-25(29(36)39-5)23-13-12-19(30(2,3)4)15-24(23)41-28/h6-11,14,16-17,19H,12-13,15H2,1-5H3,(H,31,35)(H,32,34). The van der Waals surface area contributed by atoms with Gasteiger partial charge < -0.3 is 15.4 Å². The molecule has 1 aliphatic carbocycles. The molecule has 0 bridgehead atoms. The summed E-state index contributed by atoms with van der Waals surface area (Å²) < 4.78 is 5.07. The fourth-order valence-electron chi connectivity index (χ4n) is 4.81. The summed E-state index contributed by atoms with van der Waals surface area (Å²) in [6.07, 6.45) is 2.61. The number of carbonyl (C=O) groups excluding carboxylic acids is 3. The quantitative estimate of drug-likeness (QED) is 0.125. The van der Waals surface area contributed by atoms with Gasteiger partial charge in [-0.25, -0.2) is 4.79 Å². The highest BCUT2D eigenvalue weighted by Crippen LogP contribution is 2.44. The van der Waals surface area contributed by atoms with Crippen LogP contribution in [0.3, 0.4) is 0 Å². The number of fused-ring (bicyclic) bond motifs is 1. The Hall–Kier alpha value is -3.70. The molecule has 9 nitrogen and oxygen atoms in total. The maximum atomic E-state index is 13.2. The Morgan fingerprint density at radius 3 is 2.54 bits per heavy atom. The van der Waals surface area contributed by atoms with Gasteiger partial charge in [0.2, 0.25) is 5.91 Å². The third kappa shape index (κ3) is 7.15. The van der Waals surface area contributed by atoms with E-state index in [2.05, 4.69) is 31.4 Å². The van der Waals surface area contributed by atoms with E-state index < -0.39 is 22.0 Å². The third-order valence-electron chi connectivity index (χ3n) is 7.21. The highest BCUT2D eigenvalue weighted by atomic mass is 32.2. The van der Waals surface area contributed by atoms with Crippen LogP contribution in [0.15, 0.2) is 53.4 Å². The van der Waals surface area contributed by atoms with Crippen LogP contribution in [0.4, 0.5) is 16.4 Å². The van der Waals surface area contributed by atoms with Gasteiger partial charge >= 0.3 is 5.97 Å². The SMILES string of the molecule is COC(=O)c1c(NC(=O)C(C)Sc2cccc(NC(=O)c3cccc([N+](=O)[O-])c3)c2)sc2c1CCC(C(C)(C)C)C2. The number of amides is 2. The smallest absolute Gasteiger partial charge is 0.341 e. The minimum atomic E-state index is -0.553. The second-order valence-electron chi connectivity index (χ2n) is 11.0. The van der Waals surface area contributed by atoms with Crippen molar-refractivity contribution in [1.29, 1.82) is 0 Å². The number of thioether (sulfide) groups is 1. The maximum Gasteiger partial charge on any atom is 0.341 e. The fraction of sp³-hybridized carbons (Fsp3) is 0.367. The van der Waals surface area contributed by atoms with Crippen molar-refractivity contribution < 1.29 is 24.0 Å². The van der Waals surface area contributed by atoms with Gasteiger partial charge in [-0.2, -0.15) is 0 Å². The van der Waals surface area contributed by atoms with E-state index >= 15 is 0 Å². The number of thiophene rings is 1. The number of benzene rings is 2. The van der Waals surface area contributed by atoms with Crippen LogP contribution in [-0.4, -0.2) is 35.1 Å². The summed E-state index contributed by atoms with van der Waals surface area (Å²) in [6, 6.07) is 12.5. The van der Waals surface area contributed by atoms with Gasteiger partial charge in [-0.15, -0.1) is 23.1 Å². The zero-order chi connectivity index (χ0) is 29.9. The van der Waals surface area contributed by atoms with Gasteiger partial charge in [0.05, 0.1) is 22.8 Å². The molecule has 1 aromatic heterocycles. The molecule has 1 aliphatic rings. The predicted octanol–water partition coefficient (Wildman–Crippen LogP) is 6.97. The normalized spacial score (nSPS) is 15.4. The predicted molar refractivity (Wildman–Crippen MR) is 162 cm³/mol. The molecule has 3 aromatic rings. The Morgan fingerprint density at radius 1 is 1.12 bits per heavy atom. The van der Waals surface area contributed by atoms with Crippen molar-refractivity contribution in [3.05, 3.63) is 80.2 Å². The maximum absolute atomic E-state index is 13.2. The molecule has 2 atom stereocenters. The summed E-state index contributed by atoms with van der Waals surface area (Å²) in [5.41, 5.74) is 2.07. The molecule has 216 valence electrons. The number of nitro groups is 1. The molecule has 1 heterocycles. The first-order valence-corrected chi connectivity index (χ1v) is 14.9. The summed E-state index contributed by atoms with van der Waals surface area (Å²) in [5, 5.41) is 16.8. The van der Waals surface area contributed by atoms with Gasteiger partial charge in [-0.3, -0.25) is 19.7 Å². The summed E-state index contributed by atoms with van der Waals surface area (Å²) in [7, 11) is 1.35. The number of esters is 1. The van der Waals surface area contributed by atoms with E-state index in [1.165, 1.54) is 54.5 Å². The average molecular weight is 596 g/mol. The topological polar surface area (TPSA) is 128 Å². The van der Waals surface area contributed by atoms with Gasteiger partial charge in [0.1, 0.15) is 5.00 Å². The Balaban J connectivity index is 1.45. The Kier molecular flexibility index (Phi) is 9.18. The lowest BCUT2D eigenvalue weighted by Gasteiger charge is -2.33. The number of non-ortho nitro benzene ring substituents is 1. The van der Waals surface area contributed by atoms with E-state index in [4.69, 9.17) is 4.74 Å². The first kappa shape index (κ1) is 30.3. The lowest BCUT2D eigenvalue weighted by Crippen LogP contribution is -2.26. The second kappa shape index (κ2) is 12.4. The number of nitrogens with one attached hydrogen (secondary N) is 2. The lowest BCUT2D eigenvalue weighted by molar-refractivity contribution is -0.384. The molecule has 2 unspecified atom stereocenters. The van der Waals surface area contributed by atoms with Crippen molar-refractivity contribution in [2.45, 2.75) is 57.1 Å². The van der Waals surface area contributed by atoms with Crippen LogP contribution in [0, 0.1) is 21.4 Å². The molecule has 0 aliphatic heterocycles. The molecule has 0 saturated heterocycles. The molecule has 0 saturated carbocycles. The number of hydrogen-bond acceptors (Lipinski definition) is 8. The van der Waals surface area contributed by atoms with Crippen molar-refractivity contribution in [1.82, 2.24) is 0 Å². The first-order valence-electron chi connectivity index (χ1n) is 13.2. The summed E-state index contributed by atoms with van der Waals surface area (Å²) >= 11 is 2.76. The van der Waals surface area contributed by atoms with E-state index in [0.717, 1.165) is 34.6 Å². The summed E-state index contributed by atoms with van der Waals surface area (Å²) in [4.78, 5) is 51.0. The average Bonchev–Trinajstić information content (AvgIpc) is 3.29. The van der Waals surface area contributed by atoms with Crippen molar-refractivity contribution >= 4 is 57.3 Å². The zero-order valence-corrected chi connectivity index (χ0v) is 25.2. The molecular formula is C30H33N3O6S2. The van der Waals surface area contributed by atoms with Gasteiger partial charge in [0.15, 0.2) is 0 Å². The van der Waals surface area contributed by atoms with Crippen LogP contribution in [-0.2, 0) is 22.4 Å². The van der Waals surface area contributed by atoms with Crippen LogP contribution in [0.1, 0.15) is 65.3 Å². The first-order chi connectivity index (χ1) is 19.4. The van der Waals surface area contributed by atoms with Gasteiger partial charge in [-0.1, -0.05) is 32.9 Å². The number of rotatable bonds is 8. The van der Waals surface area contributed by atoms with Crippen LogP contribution in [0.25, 0.3) is 0 Å². The molecule has 0 fully saturated rings. The Morgan fingerprint density at radius 2 is 1.85 bits per heavy atom. The summed E-state index contributed by atoms with van der Waals surface area (Å²) in [5.74, 6) is -0.689. The molecular weight excluding hydrogens is 562 g/mol. The highest BCUT2D eigenvalue weighted by Gasteiger charge is 2.34. The van der Waals surface area contributed by atoms with Crippen LogP contribution < -0.4 is 10.6 Å². The van der Waals surface area contributed by atoms with Gasteiger partial charge in [-0.05, 0) is 67.3 Å². The number of ether oxygens (including phenoxy) is 1. The lowest BCUT2D eigenvalue weighted by atomic mass is 9.72. The van der Waals surface area contributed by atoms with Gasteiger partial charge in [0, 0.05) is 33.2 Å². The number of carbonyl (C=O) groups is 3. The monoisotopic (exact) mass is 595 g/mol. The minimum absolute atomic E-state index is 0.148. The third-order valence-corrected chi connectivity index (χ3v) is 9.47. The van der Waals surface area contributed by atoms with E-state index in [1.54, 1.807) is 25.1 Å². The Labute approximate surface area is 247 Å². The van der Waals surface area contributed by atoms with E-state index in [9.17, 15) is 24.5 Å². The Bertz CT molecular complexity index is 1490. The van der Waals surface area contributed by atoms with Crippen molar-refractivity contribution in [2.24, 2.45) is 11.3 Å². The van der Waals surface area contributed by atoms with Crippen molar-refractivity contribution in [2.75, 3.05) is 17.7 Å². The van der Waals surface area contributed by atoms with Crippen LogP contribution >= 0.6 is 23.1 Å². The minimum Gasteiger partial charge on any atom is -0.465 e.